The van der Waals surface area contributed by atoms with Crippen molar-refractivity contribution < 1.29 is 37.0 Å². The van der Waals surface area contributed by atoms with Gasteiger partial charge in [0.25, 0.3) is 0 Å². The van der Waals surface area contributed by atoms with Crippen LogP contribution in [-0.4, -0.2) is 69.7 Å². The van der Waals surface area contributed by atoms with Gasteiger partial charge in [0.1, 0.15) is 4.88 Å². The number of carbonyl (C=O) groups excluding carboxylic acids is 3. The number of piperazine rings is 1. The number of methoxy groups -OCH3 is 2. The third-order valence-corrected chi connectivity index (χ3v) is 6.07. The number of hydrogen-bond donors (Lipinski definition) is 1. The second kappa shape index (κ2) is 10.2. The number of thiophene rings is 1. The molecule has 0 radical (unpaired) electrons. The van der Waals surface area contributed by atoms with E-state index < -0.39 is 29.6 Å². The molecule has 0 unspecified atom stereocenters. The Morgan fingerprint density at radius 3 is 2.33 bits per heavy atom. The molecule has 33 heavy (non-hydrogen) atoms. The fourth-order valence-corrected chi connectivity index (χ4v) is 4.32. The van der Waals surface area contributed by atoms with E-state index in [1.165, 1.54) is 25.7 Å². The first-order valence-corrected chi connectivity index (χ1v) is 10.7. The molecular formula is C21H22F3N3O5S. The predicted molar refractivity (Wildman–Crippen MR) is 116 cm³/mol. The van der Waals surface area contributed by atoms with E-state index in [0.29, 0.717) is 31.9 Å². The Labute approximate surface area is 191 Å². The van der Waals surface area contributed by atoms with E-state index in [4.69, 9.17) is 9.47 Å². The van der Waals surface area contributed by atoms with Crippen LogP contribution in [0.1, 0.15) is 25.6 Å². The van der Waals surface area contributed by atoms with E-state index in [0.717, 1.165) is 23.5 Å². The molecule has 8 nitrogen and oxygen atoms in total. The molecule has 1 aromatic heterocycles. The molecular weight excluding hydrogens is 463 g/mol. The summed E-state index contributed by atoms with van der Waals surface area (Å²) in [5, 5.41) is 4.00. The molecule has 1 N–H and O–H groups in total. The average molecular weight is 485 g/mol. The number of carbonyl (C=O) groups is 3. The van der Waals surface area contributed by atoms with Crippen molar-refractivity contribution in [3.63, 3.8) is 0 Å². The first-order valence-electron chi connectivity index (χ1n) is 9.86. The molecule has 1 saturated heterocycles. The maximum absolute atomic E-state index is 13.0. The molecule has 1 aliphatic rings. The van der Waals surface area contributed by atoms with Gasteiger partial charge in [-0.05, 0) is 18.2 Å². The van der Waals surface area contributed by atoms with Crippen LogP contribution in [0.15, 0.2) is 29.6 Å². The van der Waals surface area contributed by atoms with Gasteiger partial charge in [0.05, 0.1) is 37.6 Å². The molecule has 0 bridgehead atoms. The standard InChI is InChI=1S/C21H22F3N3O5S/c1-31-19(29)15-12-33-18(20(30)32-2)17(15)25-16(28)11-26-6-8-27(9-7-26)14-5-3-4-13(10-14)21(22,23)24/h3-5,10,12H,6-9,11H2,1-2H3,(H,25,28). The minimum atomic E-state index is -4.41. The van der Waals surface area contributed by atoms with Gasteiger partial charge in [0.2, 0.25) is 5.91 Å². The van der Waals surface area contributed by atoms with Crippen LogP contribution in [-0.2, 0) is 20.4 Å². The fourth-order valence-electron chi connectivity index (χ4n) is 3.41. The molecule has 0 saturated carbocycles. The minimum absolute atomic E-state index is 0.0203. The number of alkyl halides is 3. The van der Waals surface area contributed by atoms with E-state index in [-0.39, 0.29) is 22.7 Å². The Morgan fingerprint density at radius 2 is 1.73 bits per heavy atom. The molecule has 2 aromatic rings. The van der Waals surface area contributed by atoms with Crippen LogP contribution < -0.4 is 10.2 Å². The summed E-state index contributed by atoms with van der Waals surface area (Å²) in [6, 6.07) is 5.13. The normalized spacial score (nSPS) is 14.6. The lowest BCUT2D eigenvalue weighted by atomic mass is 10.1. The van der Waals surface area contributed by atoms with Crippen LogP contribution in [0.25, 0.3) is 0 Å². The average Bonchev–Trinajstić information content (AvgIpc) is 3.21. The van der Waals surface area contributed by atoms with Gasteiger partial charge in [0, 0.05) is 37.2 Å². The zero-order valence-electron chi connectivity index (χ0n) is 17.9. The highest BCUT2D eigenvalue weighted by molar-refractivity contribution is 7.13. The third kappa shape index (κ3) is 5.82. The van der Waals surface area contributed by atoms with Crippen LogP contribution in [0.3, 0.4) is 0 Å². The third-order valence-electron chi connectivity index (χ3n) is 5.11. The smallest absolute Gasteiger partial charge is 0.416 e. The Balaban J connectivity index is 1.62. The van der Waals surface area contributed by atoms with Gasteiger partial charge in [-0.2, -0.15) is 13.2 Å². The van der Waals surface area contributed by atoms with Crippen LogP contribution >= 0.6 is 11.3 Å². The van der Waals surface area contributed by atoms with E-state index >= 15 is 0 Å². The van der Waals surface area contributed by atoms with Gasteiger partial charge in [0.15, 0.2) is 0 Å². The number of benzene rings is 1. The number of nitrogens with zero attached hydrogens (tertiary/aromatic N) is 2. The number of ether oxygens (including phenoxy) is 2. The lowest BCUT2D eigenvalue weighted by molar-refractivity contribution is -0.137. The quantitative estimate of drug-likeness (QED) is 0.629. The molecule has 1 aromatic carbocycles. The lowest BCUT2D eigenvalue weighted by Gasteiger charge is -2.36. The largest absolute Gasteiger partial charge is 0.465 e. The maximum Gasteiger partial charge on any atom is 0.416 e. The second-order valence-electron chi connectivity index (χ2n) is 7.20. The Hall–Kier alpha value is -3.12. The SMILES string of the molecule is COC(=O)c1csc(C(=O)OC)c1NC(=O)CN1CCN(c2cccc(C(F)(F)F)c2)CC1. The lowest BCUT2D eigenvalue weighted by Crippen LogP contribution is -2.48. The first-order chi connectivity index (χ1) is 15.6. The van der Waals surface area contributed by atoms with Crippen LogP contribution in [0.4, 0.5) is 24.5 Å². The summed E-state index contributed by atoms with van der Waals surface area (Å²) in [5.41, 5.74) is -0.157. The number of halogens is 3. The van der Waals surface area contributed by atoms with Crippen molar-refractivity contribution in [3.05, 3.63) is 45.6 Å². The molecule has 2 heterocycles. The summed E-state index contributed by atoms with van der Waals surface area (Å²) in [6.45, 7) is 1.75. The number of anilines is 2. The van der Waals surface area contributed by atoms with Crippen molar-refractivity contribution in [2.24, 2.45) is 0 Å². The highest BCUT2D eigenvalue weighted by atomic mass is 32.1. The number of esters is 2. The highest BCUT2D eigenvalue weighted by Crippen LogP contribution is 2.32. The second-order valence-corrected chi connectivity index (χ2v) is 8.08. The molecule has 12 heteroatoms. The van der Waals surface area contributed by atoms with E-state index in [9.17, 15) is 27.6 Å². The Morgan fingerprint density at radius 1 is 1.06 bits per heavy atom. The number of amides is 1. The van der Waals surface area contributed by atoms with Crippen LogP contribution in [0, 0.1) is 0 Å². The van der Waals surface area contributed by atoms with E-state index in [1.54, 1.807) is 6.07 Å². The van der Waals surface area contributed by atoms with Gasteiger partial charge < -0.3 is 19.7 Å². The van der Waals surface area contributed by atoms with Crippen LogP contribution in [0.5, 0.6) is 0 Å². The van der Waals surface area contributed by atoms with Crippen molar-refractivity contribution in [2.45, 2.75) is 6.18 Å². The molecule has 178 valence electrons. The van der Waals surface area contributed by atoms with Gasteiger partial charge in [-0.3, -0.25) is 9.69 Å². The summed E-state index contributed by atoms with van der Waals surface area (Å²) in [5.74, 6) is -1.84. The van der Waals surface area contributed by atoms with Gasteiger partial charge >= 0.3 is 18.1 Å². The van der Waals surface area contributed by atoms with Gasteiger partial charge in [-0.25, -0.2) is 9.59 Å². The zero-order valence-corrected chi connectivity index (χ0v) is 18.7. The zero-order chi connectivity index (χ0) is 24.2. The molecule has 0 spiro atoms. The summed E-state index contributed by atoms with van der Waals surface area (Å²) < 4.78 is 48.3. The maximum atomic E-state index is 13.0. The van der Waals surface area contributed by atoms with Gasteiger partial charge in [-0.15, -0.1) is 11.3 Å². The minimum Gasteiger partial charge on any atom is -0.465 e. The summed E-state index contributed by atoms with van der Waals surface area (Å²) >= 11 is 0.951. The first kappa shape index (κ1) is 24.5. The molecule has 0 atom stereocenters. The van der Waals surface area contributed by atoms with Gasteiger partial charge in [-0.1, -0.05) is 6.07 Å². The molecule has 1 aliphatic heterocycles. The molecule has 0 aliphatic carbocycles. The monoisotopic (exact) mass is 485 g/mol. The molecule has 3 rings (SSSR count). The van der Waals surface area contributed by atoms with Crippen molar-refractivity contribution in [2.75, 3.05) is 57.2 Å². The molecule has 1 amide bonds. The topological polar surface area (TPSA) is 88.2 Å². The molecule has 1 fully saturated rings. The van der Waals surface area contributed by atoms with E-state index in [2.05, 4.69) is 5.32 Å². The highest BCUT2D eigenvalue weighted by Gasteiger charge is 2.31. The van der Waals surface area contributed by atoms with Crippen LogP contribution in [0.2, 0.25) is 0 Å². The van der Waals surface area contributed by atoms with Crippen molar-refractivity contribution in [1.82, 2.24) is 4.90 Å². The summed E-state index contributed by atoms with van der Waals surface area (Å²) in [4.78, 5) is 40.3. The summed E-state index contributed by atoms with van der Waals surface area (Å²) in [7, 11) is 2.38. The predicted octanol–water partition coefficient (Wildman–Crippen LogP) is 3.10. The van der Waals surface area contributed by atoms with Crippen molar-refractivity contribution in [3.8, 4) is 0 Å². The van der Waals surface area contributed by atoms with Crippen molar-refractivity contribution >= 4 is 40.6 Å². The Bertz CT molecular complexity index is 999. The number of rotatable bonds is 6. The fraction of sp³-hybridized carbons (Fsp3) is 0.381. The van der Waals surface area contributed by atoms with E-state index in [1.807, 2.05) is 9.80 Å². The number of hydrogen-bond acceptors (Lipinski definition) is 8. The van der Waals surface area contributed by atoms with Crippen molar-refractivity contribution in [1.29, 1.82) is 0 Å². The number of nitrogens with one attached hydrogen (secondary N) is 1. The Kier molecular flexibility index (Phi) is 7.59. The summed E-state index contributed by atoms with van der Waals surface area (Å²) in [6.07, 6.45) is -4.41.